The van der Waals surface area contributed by atoms with Gasteiger partial charge in [-0.05, 0) is 18.3 Å². The van der Waals surface area contributed by atoms with Crippen LogP contribution in [0.25, 0.3) is 0 Å². The van der Waals surface area contributed by atoms with E-state index in [0.717, 1.165) is 19.4 Å². The van der Waals surface area contributed by atoms with Crippen molar-refractivity contribution in [1.82, 2.24) is 4.90 Å². The SMILES string of the molecule is CC(C)(C)CC(=O)N(CCN)C1CCCCC1. The van der Waals surface area contributed by atoms with Gasteiger partial charge in [-0.25, -0.2) is 0 Å². The van der Waals surface area contributed by atoms with Crippen molar-refractivity contribution >= 4 is 5.91 Å². The van der Waals surface area contributed by atoms with Crippen LogP contribution in [0.15, 0.2) is 0 Å². The van der Waals surface area contributed by atoms with Crippen LogP contribution in [-0.2, 0) is 4.79 Å². The van der Waals surface area contributed by atoms with E-state index in [2.05, 4.69) is 20.8 Å². The molecule has 2 N–H and O–H groups in total. The second-order valence-corrected chi connectivity index (χ2v) is 6.41. The monoisotopic (exact) mass is 240 g/mol. The Morgan fingerprint density at radius 1 is 1.24 bits per heavy atom. The minimum absolute atomic E-state index is 0.0681. The molecule has 100 valence electrons. The van der Waals surface area contributed by atoms with E-state index >= 15 is 0 Å². The lowest BCUT2D eigenvalue weighted by Crippen LogP contribution is -2.45. The smallest absolute Gasteiger partial charge is 0.223 e. The van der Waals surface area contributed by atoms with E-state index in [9.17, 15) is 4.79 Å². The summed E-state index contributed by atoms with van der Waals surface area (Å²) in [6, 6.07) is 0.446. The van der Waals surface area contributed by atoms with Crippen molar-refractivity contribution in [3.05, 3.63) is 0 Å². The van der Waals surface area contributed by atoms with Gasteiger partial charge < -0.3 is 10.6 Å². The van der Waals surface area contributed by atoms with Crippen molar-refractivity contribution in [2.24, 2.45) is 11.1 Å². The average Bonchev–Trinajstić information content (AvgIpc) is 2.24. The summed E-state index contributed by atoms with van der Waals surface area (Å²) in [5, 5.41) is 0. The minimum Gasteiger partial charge on any atom is -0.338 e. The number of amides is 1. The maximum atomic E-state index is 12.3. The first-order valence-corrected chi connectivity index (χ1v) is 6.93. The fourth-order valence-corrected chi connectivity index (χ4v) is 2.60. The normalized spacial score (nSPS) is 18.1. The van der Waals surface area contributed by atoms with Crippen LogP contribution in [0.2, 0.25) is 0 Å². The van der Waals surface area contributed by atoms with Gasteiger partial charge in [0.05, 0.1) is 0 Å². The Hall–Kier alpha value is -0.570. The molecule has 1 rings (SSSR count). The standard InChI is InChI=1S/C14H28N2O/c1-14(2,3)11-13(17)16(10-9-15)12-7-5-4-6-8-12/h12H,4-11,15H2,1-3H3. The summed E-state index contributed by atoms with van der Waals surface area (Å²) in [5.74, 6) is 0.287. The minimum atomic E-state index is 0.0681. The Bertz CT molecular complexity index is 239. The molecule has 1 aliphatic rings. The van der Waals surface area contributed by atoms with Gasteiger partial charge in [0.15, 0.2) is 0 Å². The number of hydrogen-bond donors (Lipinski definition) is 1. The zero-order valence-corrected chi connectivity index (χ0v) is 11.7. The predicted molar refractivity (Wildman–Crippen MR) is 71.7 cm³/mol. The van der Waals surface area contributed by atoms with Crippen molar-refractivity contribution in [1.29, 1.82) is 0 Å². The number of carbonyl (C=O) groups excluding carboxylic acids is 1. The van der Waals surface area contributed by atoms with Crippen LogP contribution in [0.1, 0.15) is 59.3 Å². The highest BCUT2D eigenvalue weighted by Crippen LogP contribution is 2.26. The molecular weight excluding hydrogens is 212 g/mol. The first-order chi connectivity index (χ1) is 7.94. The molecule has 0 spiro atoms. The Morgan fingerprint density at radius 3 is 2.29 bits per heavy atom. The van der Waals surface area contributed by atoms with Gasteiger partial charge in [0.1, 0.15) is 0 Å². The van der Waals surface area contributed by atoms with Gasteiger partial charge in [-0.3, -0.25) is 4.79 Å². The Kier molecular flexibility index (Phi) is 5.44. The molecule has 1 fully saturated rings. The number of hydrogen-bond acceptors (Lipinski definition) is 2. The largest absolute Gasteiger partial charge is 0.338 e. The highest BCUT2D eigenvalue weighted by molar-refractivity contribution is 5.77. The predicted octanol–water partition coefficient (Wildman–Crippen LogP) is 2.54. The lowest BCUT2D eigenvalue weighted by Gasteiger charge is -2.35. The molecule has 0 aliphatic heterocycles. The van der Waals surface area contributed by atoms with E-state index in [1.807, 2.05) is 4.90 Å². The van der Waals surface area contributed by atoms with Crippen LogP contribution < -0.4 is 5.73 Å². The van der Waals surface area contributed by atoms with E-state index in [1.165, 1.54) is 19.3 Å². The van der Waals surface area contributed by atoms with Crippen LogP contribution in [-0.4, -0.2) is 29.9 Å². The van der Waals surface area contributed by atoms with Crippen molar-refractivity contribution in [2.75, 3.05) is 13.1 Å². The second-order valence-electron chi connectivity index (χ2n) is 6.41. The van der Waals surface area contributed by atoms with Crippen LogP contribution in [0.4, 0.5) is 0 Å². The third-order valence-electron chi connectivity index (χ3n) is 3.39. The topological polar surface area (TPSA) is 46.3 Å². The first-order valence-electron chi connectivity index (χ1n) is 6.93. The molecule has 0 aromatic rings. The summed E-state index contributed by atoms with van der Waals surface area (Å²) in [6.45, 7) is 7.65. The molecule has 17 heavy (non-hydrogen) atoms. The van der Waals surface area contributed by atoms with Crippen molar-refractivity contribution < 1.29 is 4.79 Å². The third kappa shape index (κ3) is 5.07. The molecule has 0 unspecified atom stereocenters. The molecule has 3 nitrogen and oxygen atoms in total. The van der Waals surface area contributed by atoms with Gasteiger partial charge in [-0.2, -0.15) is 0 Å². The zero-order valence-electron chi connectivity index (χ0n) is 11.7. The second kappa shape index (κ2) is 6.39. The highest BCUT2D eigenvalue weighted by Gasteiger charge is 2.27. The quantitative estimate of drug-likeness (QED) is 0.821. The highest BCUT2D eigenvalue weighted by atomic mass is 16.2. The molecule has 0 saturated heterocycles. The summed E-state index contributed by atoms with van der Waals surface area (Å²) in [7, 11) is 0. The molecule has 0 heterocycles. The molecule has 0 aromatic carbocycles. The van der Waals surface area contributed by atoms with Gasteiger partial charge in [-0.1, -0.05) is 40.0 Å². The molecule has 0 aromatic heterocycles. The molecule has 0 radical (unpaired) electrons. The fraction of sp³-hybridized carbons (Fsp3) is 0.929. The number of nitrogens with zero attached hydrogens (tertiary/aromatic N) is 1. The van der Waals surface area contributed by atoms with Crippen molar-refractivity contribution in [3.8, 4) is 0 Å². The molecule has 1 aliphatic carbocycles. The summed E-state index contributed by atoms with van der Waals surface area (Å²) in [6.07, 6.45) is 6.79. The third-order valence-corrected chi connectivity index (χ3v) is 3.39. The van der Waals surface area contributed by atoms with E-state index in [4.69, 9.17) is 5.73 Å². The zero-order chi connectivity index (χ0) is 12.9. The Labute approximate surface area is 106 Å². The lowest BCUT2D eigenvalue weighted by molar-refractivity contribution is -0.136. The van der Waals surface area contributed by atoms with Crippen molar-refractivity contribution in [3.63, 3.8) is 0 Å². The van der Waals surface area contributed by atoms with E-state index in [1.54, 1.807) is 0 Å². The van der Waals surface area contributed by atoms with Gasteiger partial charge in [0.25, 0.3) is 0 Å². The van der Waals surface area contributed by atoms with Crippen LogP contribution >= 0.6 is 0 Å². The van der Waals surface area contributed by atoms with Crippen LogP contribution in [0, 0.1) is 5.41 Å². The average molecular weight is 240 g/mol. The van der Waals surface area contributed by atoms with Crippen LogP contribution in [0.3, 0.4) is 0 Å². The van der Waals surface area contributed by atoms with Crippen molar-refractivity contribution in [2.45, 2.75) is 65.3 Å². The maximum absolute atomic E-state index is 12.3. The number of rotatable bonds is 4. The van der Waals surface area contributed by atoms with E-state index in [0.29, 0.717) is 19.0 Å². The van der Waals surface area contributed by atoms with Gasteiger partial charge in [-0.15, -0.1) is 0 Å². The lowest BCUT2D eigenvalue weighted by atomic mass is 9.89. The van der Waals surface area contributed by atoms with E-state index in [-0.39, 0.29) is 11.3 Å². The first kappa shape index (κ1) is 14.5. The molecule has 0 bridgehead atoms. The van der Waals surface area contributed by atoms with Crippen LogP contribution in [0.5, 0.6) is 0 Å². The fourth-order valence-electron chi connectivity index (χ4n) is 2.60. The Morgan fingerprint density at radius 2 is 1.82 bits per heavy atom. The van der Waals surface area contributed by atoms with E-state index < -0.39 is 0 Å². The molecule has 1 amide bonds. The van der Waals surface area contributed by atoms with Gasteiger partial charge >= 0.3 is 0 Å². The summed E-state index contributed by atoms with van der Waals surface area (Å²) >= 11 is 0. The molecule has 1 saturated carbocycles. The molecular formula is C14H28N2O. The maximum Gasteiger partial charge on any atom is 0.223 e. The number of carbonyl (C=O) groups is 1. The molecule has 0 atom stereocenters. The molecule has 3 heteroatoms. The van der Waals surface area contributed by atoms with Gasteiger partial charge in [0.2, 0.25) is 5.91 Å². The summed E-state index contributed by atoms with van der Waals surface area (Å²) < 4.78 is 0. The number of nitrogens with two attached hydrogens (primary N) is 1. The Balaban J connectivity index is 2.60. The summed E-state index contributed by atoms with van der Waals surface area (Å²) in [5.41, 5.74) is 5.71. The van der Waals surface area contributed by atoms with Gasteiger partial charge in [0, 0.05) is 25.6 Å². The summed E-state index contributed by atoms with van der Waals surface area (Å²) in [4.78, 5) is 14.4.